The molecule has 0 N–H and O–H groups in total. The molecule has 1 aromatic rings. The predicted octanol–water partition coefficient (Wildman–Crippen LogP) is 4.15. The molecule has 0 unspecified atom stereocenters. The molecule has 1 aromatic heterocycles. The van der Waals surface area contributed by atoms with E-state index in [1.807, 2.05) is 11.8 Å². The van der Waals surface area contributed by atoms with Gasteiger partial charge in [0.1, 0.15) is 5.01 Å². The van der Waals surface area contributed by atoms with Crippen LogP contribution in [0.15, 0.2) is 0 Å². The Balaban J connectivity index is 2.93. The van der Waals surface area contributed by atoms with E-state index < -0.39 is 0 Å². The molecule has 1 rings (SSSR count). The summed E-state index contributed by atoms with van der Waals surface area (Å²) >= 11 is 3.60. The van der Waals surface area contributed by atoms with Crippen molar-refractivity contribution in [2.24, 2.45) is 0 Å². The van der Waals surface area contributed by atoms with Gasteiger partial charge in [0.05, 0.1) is 18.2 Å². The fourth-order valence-electron chi connectivity index (χ4n) is 1.48. The standard InChI is InChI=1S/C13H20N2S2/c1-9(2)16-8-11-15-12(13(3,4)5)10(17-11)6-7-14/h9H,6,8H2,1-5H3. The molecule has 0 aromatic carbocycles. The molecule has 17 heavy (non-hydrogen) atoms. The molecule has 0 amide bonds. The number of nitrogens with zero attached hydrogens (tertiary/aromatic N) is 2. The summed E-state index contributed by atoms with van der Waals surface area (Å²) in [4.78, 5) is 5.86. The number of rotatable bonds is 4. The summed E-state index contributed by atoms with van der Waals surface area (Å²) in [5, 5.41) is 10.6. The summed E-state index contributed by atoms with van der Waals surface area (Å²) < 4.78 is 0. The second-order valence-electron chi connectivity index (χ2n) is 5.32. The van der Waals surface area contributed by atoms with Gasteiger partial charge in [-0.3, -0.25) is 0 Å². The van der Waals surface area contributed by atoms with Gasteiger partial charge in [0.2, 0.25) is 0 Å². The maximum Gasteiger partial charge on any atom is 0.103 e. The fraction of sp³-hybridized carbons (Fsp3) is 0.692. The van der Waals surface area contributed by atoms with Crippen LogP contribution in [0.1, 0.15) is 50.2 Å². The van der Waals surface area contributed by atoms with Crippen LogP contribution in [-0.4, -0.2) is 10.2 Å². The molecule has 0 spiro atoms. The highest BCUT2D eigenvalue weighted by atomic mass is 32.2. The summed E-state index contributed by atoms with van der Waals surface area (Å²) in [6, 6.07) is 2.24. The first-order chi connectivity index (χ1) is 7.84. The minimum atomic E-state index is 0.0312. The lowest BCUT2D eigenvalue weighted by atomic mass is 9.91. The summed E-state index contributed by atoms with van der Waals surface area (Å²) in [5.74, 6) is 0.955. The van der Waals surface area contributed by atoms with Gasteiger partial charge in [-0.1, -0.05) is 34.6 Å². The summed E-state index contributed by atoms with van der Waals surface area (Å²) in [5.41, 5.74) is 1.13. The Morgan fingerprint density at radius 3 is 2.53 bits per heavy atom. The summed E-state index contributed by atoms with van der Waals surface area (Å²) in [6.07, 6.45) is 0.483. The van der Waals surface area contributed by atoms with E-state index in [0.29, 0.717) is 11.7 Å². The molecule has 2 nitrogen and oxygen atoms in total. The van der Waals surface area contributed by atoms with Gasteiger partial charge in [0, 0.05) is 16.0 Å². The molecule has 0 fully saturated rings. The highest BCUT2D eigenvalue weighted by Crippen LogP contribution is 2.32. The van der Waals surface area contributed by atoms with Crippen molar-refractivity contribution in [3.8, 4) is 6.07 Å². The molecular weight excluding hydrogens is 248 g/mol. The Kier molecular flexibility index (Phi) is 5.03. The minimum Gasteiger partial charge on any atom is -0.244 e. The van der Waals surface area contributed by atoms with Gasteiger partial charge in [-0.05, 0) is 5.25 Å². The number of thioether (sulfide) groups is 1. The summed E-state index contributed by atoms with van der Waals surface area (Å²) in [6.45, 7) is 10.9. The Morgan fingerprint density at radius 2 is 2.06 bits per heavy atom. The molecule has 0 aliphatic carbocycles. The first-order valence-electron chi connectivity index (χ1n) is 5.82. The van der Waals surface area contributed by atoms with E-state index >= 15 is 0 Å². The second kappa shape index (κ2) is 5.88. The molecule has 0 saturated carbocycles. The Hall–Kier alpha value is -0.530. The van der Waals surface area contributed by atoms with Gasteiger partial charge in [-0.25, -0.2) is 4.98 Å². The van der Waals surface area contributed by atoms with E-state index in [0.717, 1.165) is 21.3 Å². The molecular formula is C13H20N2S2. The van der Waals surface area contributed by atoms with Gasteiger partial charge in [0.15, 0.2) is 0 Å². The van der Waals surface area contributed by atoms with Crippen molar-refractivity contribution in [1.82, 2.24) is 4.98 Å². The molecule has 0 bridgehead atoms. The maximum atomic E-state index is 8.86. The smallest absolute Gasteiger partial charge is 0.103 e. The third kappa shape index (κ3) is 4.33. The fourth-order valence-corrected chi connectivity index (χ4v) is 3.46. The normalized spacial score (nSPS) is 11.8. The highest BCUT2D eigenvalue weighted by Gasteiger charge is 2.22. The van der Waals surface area contributed by atoms with E-state index in [2.05, 4.69) is 40.7 Å². The minimum absolute atomic E-state index is 0.0312. The third-order valence-electron chi connectivity index (χ3n) is 2.23. The molecule has 94 valence electrons. The van der Waals surface area contributed by atoms with Crippen LogP contribution in [0, 0.1) is 11.3 Å². The number of thiazole rings is 1. The van der Waals surface area contributed by atoms with Crippen molar-refractivity contribution < 1.29 is 0 Å². The van der Waals surface area contributed by atoms with Crippen LogP contribution >= 0.6 is 23.1 Å². The Labute approximate surface area is 112 Å². The zero-order chi connectivity index (χ0) is 13.1. The third-order valence-corrected chi connectivity index (χ3v) is 4.58. The highest BCUT2D eigenvalue weighted by molar-refractivity contribution is 7.99. The van der Waals surface area contributed by atoms with Gasteiger partial charge in [0.25, 0.3) is 0 Å². The van der Waals surface area contributed by atoms with Crippen molar-refractivity contribution in [2.45, 2.75) is 57.5 Å². The van der Waals surface area contributed by atoms with Crippen molar-refractivity contribution in [2.75, 3.05) is 0 Å². The van der Waals surface area contributed by atoms with Crippen LogP contribution in [0.25, 0.3) is 0 Å². The average Bonchev–Trinajstić information content (AvgIpc) is 2.58. The molecule has 0 saturated heterocycles. The molecule has 4 heteroatoms. The van der Waals surface area contributed by atoms with E-state index in [1.165, 1.54) is 0 Å². The van der Waals surface area contributed by atoms with E-state index in [4.69, 9.17) is 10.2 Å². The van der Waals surface area contributed by atoms with Crippen LogP contribution in [0.4, 0.5) is 0 Å². The van der Waals surface area contributed by atoms with Crippen molar-refractivity contribution >= 4 is 23.1 Å². The first-order valence-corrected chi connectivity index (χ1v) is 7.68. The molecule has 0 radical (unpaired) electrons. The lowest BCUT2D eigenvalue weighted by Gasteiger charge is -2.16. The van der Waals surface area contributed by atoms with Crippen molar-refractivity contribution in [1.29, 1.82) is 5.26 Å². The number of hydrogen-bond donors (Lipinski definition) is 0. The van der Waals surface area contributed by atoms with Crippen molar-refractivity contribution in [3.63, 3.8) is 0 Å². The van der Waals surface area contributed by atoms with Crippen LogP contribution in [0.3, 0.4) is 0 Å². The van der Waals surface area contributed by atoms with Crippen LogP contribution in [-0.2, 0) is 17.6 Å². The second-order valence-corrected chi connectivity index (χ2v) is 8.06. The Morgan fingerprint density at radius 1 is 1.41 bits per heavy atom. The van der Waals surface area contributed by atoms with Crippen LogP contribution in [0.5, 0.6) is 0 Å². The molecule has 1 heterocycles. The topological polar surface area (TPSA) is 36.7 Å². The van der Waals surface area contributed by atoms with Gasteiger partial charge in [-0.15, -0.1) is 11.3 Å². The van der Waals surface area contributed by atoms with Gasteiger partial charge in [-0.2, -0.15) is 17.0 Å². The van der Waals surface area contributed by atoms with Crippen LogP contribution < -0.4 is 0 Å². The average molecular weight is 268 g/mol. The lowest BCUT2D eigenvalue weighted by Crippen LogP contribution is -2.14. The largest absolute Gasteiger partial charge is 0.244 e. The maximum absolute atomic E-state index is 8.86. The van der Waals surface area contributed by atoms with Gasteiger partial charge >= 0.3 is 0 Å². The zero-order valence-electron chi connectivity index (χ0n) is 11.2. The van der Waals surface area contributed by atoms with Gasteiger partial charge < -0.3 is 0 Å². The number of hydrogen-bond acceptors (Lipinski definition) is 4. The van der Waals surface area contributed by atoms with Crippen molar-refractivity contribution in [3.05, 3.63) is 15.6 Å². The van der Waals surface area contributed by atoms with E-state index in [9.17, 15) is 0 Å². The van der Waals surface area contributed by atoms with Crippen LogP contribution in [0.2, 0.25) is 0 Å². The molecule has 0 atom stereocenters. The SMILES string of the molecule is CC(C)SCc1nc(C(C)(C)C)c(CC#N)s1. The monoisotopic (exact) mass is 268 g/mol. The Bertz CT molecular complexity index is 408. The summed E-state index contributed by atoms with van der Waals surface area (Å²) in [7, 11) is 0. The molecule has 0 aliphatic heterocycles. The predicted molar refractivity (Wildman–Crippen MR) is 76.6 cm³/mol. The number of aromatic nitrogens is 1. The van der Waals surface area contributed by atoms with E-state index in [1.54, 1.807) is 11.3 Å². The first kappa shape index (κ1) is 14.5. The zero-order valence-corrected chi connectivity index (χ0v) is 12.8. The van der Waals surface area contributed by atoms with E-state index in [-0.39, 0.29) is 5.41 Å². The number of nitriles is 1. The molecule has 0 aliphatic rings. The quantitative estimate of drug-likeness (QED) is 0.823. The lowest BCUT2D eigenvalue weighted by molar-refractivity contribution is 0.567.